The number of nitrogens with two attached hydrogens (primary N) is 1. The molecule has 0 aromatic rings. The van der Waals surface area contributed by atoms with Gasteiger partial charge in [-0.25, -0.2) is 0 Å². The van der Waals surface area contributed by atoms with Crippen molar-refractivity contribution in [1.29, 1.82) is 0 Å². The van der Waals surface area contributed by atoms with Crippen molar-refractivity contribution in [3.05, 3.63) is 12.2 Å². The molecule has 0 aromatic heterocycles. The van der Waals surface area contributed by atoms with Gasteiger partial charge in [0.25, 0.3) is 0 Å². The molecule has 0 saturated heterocycles. The van der Waals surface area contributed by atoms with Gasteiger partial charge >= 0.3 is 0 Å². The normalized spacial score (nSPS) is 12.9. The number of hydrogen-bond acceptors (Lipinski definition) is 1. The Morgan fingerprint density at radius 3 is 2.22 bits per heavy atom. The van der Waals surface area contributed by atoms with Crippen molar-refractivity contribution < 1.29 is 0 Å². The Balaban J connectivity index is 3.45. The fourth-order valence-electron chi connectivity index (χ4n) is 0.533. The van der Waals surface area contributed by atoms with Crippen LogP contribution in [0.15, 0.2) is 12.2 Å². The second-order valence-electron chi connectivity index (χ2n) is 3.35. The fourth-order valence-corrected chi connectivity index (χ4v) is 0.533. The van der Waals surface area contributed by atoms with E-state index in [2.05, 4.69) is 32.9 Å². The topological polar surface area (TPSA) is 26.0 Å². The SMILES string of the molecule is CC(C)(C)C=CCCN. The third kappa shape index (κ3) is 7.70. The summed E-state index contributed by atoms with van der Waals surface area (Å²) in [7, 11) is 0. The zero-order chi connectivity index (χ0) is 7.33. The highest BCUT2D eigenvalue weighted by molar-refractivity contribution is 4.91. The van der Waals surface area contributed by atoms with E-state index in [1.807, 2.05) is 0 Å². The van der Waals surface area contributed by atoms with Gasteiger partial charge in [-0.1, -0.05) is 32.9 Å². The molecule has 0 spiro atoms. The smallest absolute Gasteiger partial charge is 0.00426 e. The first-order valence-electron chi connectivity index (χ1n) is 3.44. The van der Waals surface area contributed by atoms with Crippen molar-refractivity contribution in [3.63, 3.8) is 0 Å². The predicted molar refractivity (Wildman–Crippen MR) is 42.3 cm³/mol. The molecule has 0 aliphatic rings. The summed E-state index contributed by atoms with van der Waals surface area (Å²) in [4.78, 5) is 0. The Morgan fingerprint density at radius 1 is 1.33 bits per heavy atom. The molecule has 1 heteroatoms. The number of rotatable bonds is 2. The minimum Gasteiger partial charge on any atom is -0.330 e. The largest absolute Gasteiger partial charge is 0.330 e. The molecule has 0 bridgehead atoms. The van der Waals surface area contributed by atoms with E-state index in [1.165, 1.54) is 0 Å². The molecule has 0 saturated carbocycles. The van der Waals surface area contributed by atoms with Crippen LogP contribution in [-0.4, -0.2) is 6.54 Å². The maximum absolute atomic E-state index is 5.31. The van der Waals surface area contributed by atoms with E-state index in [9.17, 15) is 0 Å². The Labute approximate surface area is 57.9 Å². The molecular weight excluding hydrogens is 110 g/mol. The average molecular weight is 127 g/mol. The van der Waals surface area contributed by atoms with Crippen molar-refractivity contribution in [2.45, 2.75) is 27.2 Å². The van der Waals surface area contributed by atoms with Gasteiger partial charge in [0.2, 0.25) is 0 Å². The van der Waals surface area contributed by atoms with Gasteiger partial charge in [-0.15, -0.1) is 0 Å². The first-order valence-corrected chi connectivity index (χ1v) is 3.44. The van der Waals surface area contributed by atoms with Crippen molar-refractivity contribution in [2.24, 2.45) is 11.1 Å². The summed E-state index contributed by atoms with van der Waals surface area (Å²) in [6.45, 7) is 7.30. The van der Waals surface area contributed by atoms with Crippen molar-refractivity contribution >= 4 is 0 Å². The van der Waals surface area contributed by atoms with E-state index in [4.69, 9.17) is 5.73 Å². The van der Waals surface area contributed by atoms with E-state index >= 15 is 0 Å². The zero-order valence-electron chi connectivity index (χ0n) is 6.65. The maximum Gasteiger partial charge on any atom is -0.00426 e. The van der Waals surface area contributed by atoms with Gasteiger partial charge in [0.05, 0.1) is 0 Å². The van der Waals surface area contributed by atoms with Gasteiger partial charge in [-0.2, -0.15) is 0 Å². The summed E-state index contributed by atoms with van der Waals surface area (Å²) in [6, 6.07) is 0. The molecule has 9 heavy (non-hydrogen) atoms. The molecule has 0 rings (SSSR count). The lowest BCUT2D eigenvalue weighted by molar-refractivity contribution is 0.542. The predicted octanol–water partition coefficient (Wildman–Crippen LogP) is 1.94. The standard InChI is InChI=1S/C8H17N/c1-8(2,3)6-4-5-7-9/h4,6H,5,7,9H2,1-3H3. The third-order valence-corrected chi connectivity index (χ3v) is 0.951. The van der Waals surface area contributed by atoms with Gasteiger partial charge < -0.3 is 5.73 Å². The lowest BCUT2D eigenvalue weighted by Gasteiger charge is -2.10. The van der Waals surface area contributed by atoms with Crippen LogP contribution in [0.5, 0.6) is 0 Å². The summed E-state index contributed by atoms with van der Waals surface area (Å²) < 4.78 is 0. The lowest BCUT2D eigenvalue weighted by atomic mass is 9.96. The Bertz CT molecular complexity index is 87.2. The molecule has 0 radical (unpaired) electrons. The molecule has 0 atom stereocenters. The van der Waals surface area contributed by atoms with E-state index < -0.39 is 0 Å². The molecule has 0 heterocycles. The van der Waals surface area contributed by atoms with Gasteiger partial charge in [0.15, 0.2) is 0 Å². The minimum atomic E-state index is 0.315. The molecule has 54 valence electrons. The molecule has 2 N–H and O–H groups in total. The molecular formula is C8H17N. The number of allylic oxidation sites excluding steroid dienone is 1. The van der Waals surface area contributed by atoms with Crippen LogP contribution < -0.4 is 5.73 Å². The third-order valence-electron chi connectivity index (χ3n) is 0.951. The zero-order valence-corrected chi connectivity index (χ0v) is 6.65. The summed E-state index contributed by atoms with van der Waals surface area (Å²) in [5.74, 6) is 0. The Kier molecular flexibility index (Phi) is 3.55. The van der Waals surface area contributed by atoms with Gasteiger partial charge in [0, 0.05) is 0 Å². The van der Waals surface area contributed by atoms with Crippen LogP contribution in [0.25, 0.3) is 0 Å². The Morgan fingerprint density at radius 2 is 1.89 bits per heavy atom. The van der Waals surface area contributed by atoms with Crippen LogP contribution in [0.3, 0.4) is 0 Å². The maximum atomic E-state index is 5.31. The Hall–Kier alpha value is -0.300. The van der Waals surface area contributed by atoms with Crippen LogP contribution in [0.4, 0.5) is 0 Å². The van der Waals surface area contributed by atoms with Crippen LogP contribution in [-0.2, 0) is 0 Å². The first-order chi connectivity index (χ1) is 4.06. The van der Waals surface area contributed by atoms with Gasteiger partial charge in [-0.3, -0.25) is 0 Å². The van der Waals surface area contributed by atoms with Crippen LogP contribution in [0.1, 0.15) is 27.2 Å². The van der Waals surface area contributed by atoms with Gasteiger partial charge in [-0.05, 0) is 18.4 Å². The van der Waals surface area contributed by atoms with Crippen molar-refractivity contribution in [1.82, 2.24) is 0 Å². The molecule has 0 aliphatic heterocycles. The van der Waals surface area contributed by atoms with E-state index in [-0.39, 0.29) is 0 Å². The lowest BCUT2D eigenvalue weighted by Crippen LogP contribution is -2.00. The summed E-state index contributed by atoms with van der Waals surface area (Å²) in [6.07, 6.45) is 5.33. The van der Waals surface area contributed by atoms with Crippen LogP contribution in [0.2, 0.25) is 0 Å². The highest BCUT2D eigenvalue weighted by Gasteiger charge is 2.01. The molecule has 0 aliphatic carbocycles. The molecule has 0 aromatic carbocycles. The fraction of sp³-hybridized carbons (Fsp3) is 0.750. The van der Waals surface area contributed by atoms with Crippen LogP contribution in [0, 0.1) is 5.41 Å². The van der Waals surface area contributed by atoms with Crippen molar-refractivity contribution in [3.8, 4) is 0 Å². The highest BCUT2D eigenvalue weighted by atomic mass is 14.5. The van der Waals surface area contributed by atoms with E-state index in [1.54, 1.807) is 0 Å². The minimum absolute atomic E-state index is 0.315. The van der Waals surface area contributed by atoms with Gasteiger partial charge in [0.1, 0.15) is 0 Å². The quantitative estimate of drug-likeness (QED) is 0.564. The molecule has 0 amide bonds. The monoisotopic (exact) mass is 127 g/mol. The molecule has 0 unspecified atom stereocenters. The van der Waals surface area contributed by atoms with Crippen LogP contribution >= 0.6 is 0 Å². The second-order valence-corrected chi connectivity index (χ2v) is 3.35. The average Bonchev–Trinajstić information content (AvgIpc) is 1.63. The molecule has 1 nitrogen and oxygen atoms in total. The summed E-state index contributed by atoms with van der Waals surface area (Å²) in [5.41, 5.74) is 5.62. The van der Waals surface area contributed by atoms with E-state index in [0.29, 0.717) is 5.41 Å². The molecule has 0 fully saturated rings. The second kappa shape index (κ2) is 3.67. The summed E-state index contributed by atoms with van der Waals surface area (Å²) in [5, 5.41) is 0. The first kappa shape index (κ1) is 8.70. The van der Waals surface area contributed by atoms with Crippen molar-refractivity contribution in [2.75, 3.05) is 6.54 Å². The highest BCUT2D eigenvalue weighted by Crippen LogP contribution is 2.14. The number of hydrogen-bond donors (Lipinski definition) is 1. The van der Waals surface area contributed by atoms with E-state index in [0.717, 1.165) is 13.0 Å². The summed E-state index contributed by atoms with van der Waals surface area (Å²) >= 11 is 0.